The number of aliphatic imine (C=N–C) groups is 1. The molecule has 1 aliphatic rings. The molecule has 0 aliphatic carbocycles. The van der Waals surface area contributed by atoms with Gasteiger partial charge in [-0.05, 0) is 44.6 Å². The third-order valence-corrected chi connectivity index (χ3v) is 6.48. The van der Waals surface area contributed by atoms with Crippen LogP contribution in [0.3, 0.4) is 0 Å². The van der Waals surface area contributed by atoms with E-state index in [1.807, 2.05) is 18.4 Å². The van der Waals surface area contributed by atoms with E-state index in [1.54, 1.807) is 11.3 Å². The van der Waals surface area contributed by atoms with E-state index < -0.39 is 10.0 Å². The van der Waals surface area contributed by atoms with Gasteiger partial charge in [-0.25, -0.2) is 13.1 Å². The van der Waals surface area contributed by atoms with Gasteiger partial charge < -0.3 is 15.4 Å². The Kier molecular flexibility index (Phi) is 11.8. The molecular formula is C17H31IN4O3S2. The van der Waals surface area contributed by atoms with Gasteiger partial charge >= 0.3 is 0 Å². The highest BCUT2D eigenvalue weighted by atomic mass is 127. The fourth-order valence-electron chi connectivity index (χ4n) is 2.67. The van der Waals surface area contributed by atoms with E-state index >= 15 is 0 Å². The summed E-state index contributed by atoms with van der Waals surface area (Å²) in [5.74, 6) is 0.586. The number of halogens is 1. The topological polar surface area (TPSA) is 91.8 Å². The molecule has 156 valence electrons. The van der Waals surface area contributed by atoms with Crippen molar-refractivity contribution in [1.82, 2.24) is 15.4 Å². The number of hydrogen-bond acceptors (Lipinski definition) is 5. The second kappa shape index (κ2) is 12.9. The lowest BCUT2D eigenvalue weighted by Crippen LogP contribution is -2.39. The molecule has 1 aromatic rings. The number of hydrogen-bond donors (Lipinski definition) is 3. The zero-order valence-electron chi connectivity index (χ0n) is 15.9. The van der Waals surface area contributed by atoms with E-state index in [2.05, 4.69) is 33.3 Å². The van der Waals surface area contributed by atoms with Crippen LogP contribution in [0.1, 0.15) is 44.0 Å². The summed E-state index contributed by atoms with van der Waals surface area (Å²) < 4.78 is 32.5. The van der Waals surface area contributed by atoms with Crippen LogP contribution in [0.15, 0.2) is 22.5 Å². The summed E-state index contributed by atoms with van der Waals surface area (Å²) in [5, 5.41) is 8.49. The lowest BCUT2D eigenvalue weighted by molar-refractivity contribution is 0.0200. The summed E-state index contributed by atoms with van der Waals surface area (Å²) in [7, 11) is -3.35. The molecule has 0 amide bonds. The van der Waals surface area contributed by atoms with Crippen LogP contribution in [0.4, 0.5) is 0 Å². The van der Waals surface area contributed by atoms with Crippen molar-refractivity contribution in [1.29, 1.82) is 0 Å². The van der Waals surface area contributed by atoms with Crippen molar-refractivity contribution >= 4 is 51.3 Å². The zero-order valence-corrected chi connectivity index (χ0v) is 19.9. The first-order chi connectivity index (χ1) is 12.5. The minimum absolute atomic E-state index is 0. The summed E-state index contributed by atoms with van der Waals surface area (Å²) in [4.78, 5) is 5.60. The number of ether oxygens (including phenoxy) is 1. The van der Waals surface area contributed by atoms with Crippen LogP contribution < -0.4 is 15.4 Å². The van der Waals surface area contributed by atoms with Gasteiger partial charge in [-0.1, -0.05) is 6.07 Å². The number of sulfonamides is 1. The maximum atomic E-state index is 12.1. The summed E-state index contributed by atoms with van der Waals surface area (Å²) in [6.45, 7) is 6.02. The van der Waals surface area contributed by atoms with Crippen molar-refractivity contribution in [3.05, 3.63) is 22.4 Å². The second-order valence-corrected chi connectivity index (χ2v) is 9.20. The highest BCUT2D eigenvalue weighted by Crippen LogP contribution is 2.17. The largest absolute Gasteiger partial charge is 0.377 e. The van der Waals surface area contributed by atoms with Gasteiger partial charge in [0.1, 0.15) is 0 Å². The fraction of sp³-hybridized carbons (Fsp3) is 0.706. The van der Waals surface area contributed by atoms with E-state index in [4.69, 9.17) is 4.74 Å². The van der Waals surface area contributed by atoms with E-state index in [9.17, 15) is 8.42 Å². The SMILES string of the molecule is CCNC(=NCCS(=O)(=O)NCC1CCCCO1)NC(C)c1cccs1.I. The van der Waals surface area contributed by atoms with Crippen LogP contribution in [0.5, 0.6) is 0 Å². The minimum atomic E-state index is -3.35. The molecule has 2 unspecified atom stereocenters. The van der Waals surface area contributed by atoms with Gasteiger partial charge in [-0.3, -0.25) is 4.99 Å². The minimum Gasteiger partial charge on any atom is -0.377 e. The van der Waals surface area contributed by atoms with Crippen molar-refractivity contribution in [3.63, 3.8) is 0 Å². The molecule has 1 fully saturated rings. The van der Waals surface area contributed by atoms with Crippen molar-refractivity contribution < 1.29 is 13.2 Å². The molecule has 7 nitrogen and oxygen atoms in total. The highest BCUT2D eigenvalue weighted by molar-refractivity contribution is 14.0. The van der Waals surface area contributed by atoms with Gasteiger partial charge in [0.05, 0.1) is 24.4 Å². The first-order valence-electron chi connectivity index (χ1n) is 9.17. The Balaban J connectivity index is 0.00000364. The van der Waals surface area contributed by atoms with E-state index in [0.29, 0.717) is 19.0 Å². The quantitative estimate of drug-likeness (QED) is 0.259. The van der Waals surface area contributed by atoms with Crippen molar-refractivity contribution in [2.24, 2.45) is 4.99 Å². The maximum absolute atomic E-state index is 12.1. The van der Waals surface area contributed by atoms with Crippen molar-refractivity contribution in [3.8, 4) is 0 Å². The average Bonchev–Trinajstić information content (AvgIpc) is 3.16. The van der Waals surface area contributed by atoms with Gasteiger partial charge in [0.15, 0.2) is 5.96 Å². The molecule has 1 saturated heterocycles. The zero-order chi connectivity index (χ0) is 18.8. The van der Waals surface area contributed by atoms with Gasteiger partial charge in [0, 0.05) is 24.6 Å². The van der Waals surface area contributed by atoms with Crippen LogP contribution in [-0.4, -0.2) is 52.5 Å². The fourth-order valence-corrected chi connectivity index (χ4v) is 4.32. The van der Waals surface area contributed by atoms with E-state index in [1.165, 1.54) is 4.88 Å². The van der Waals surface area contributed by atoms with Crippen molar-refractivity contribution in [2.75, 3.05) is 32.0 Å². The van der Waals surface area contributed by atoms with Gasteiger partial charge in [0.2, 0.25) is 10.0 Å². The molecule has 27 heavy (non-hydrogen) atoms. The summed E-state index contributed by atoms with van der Waals surface area (Å²) in [6, 6.07) is 4.19. The van der Waals surface area contributed by atoms with E-state index in [-0.39, 0.29) is 48.4 Å². The molecule has 1 aliphatic heterocycles. The number of nitrogens with zero attached hydrogens (tertiary/aromatic N) is 1. The first kappa shape index (κ1) is 24.6. The van der Waals surface area contributed by atoms with Gasteiger partial charge in [0.25, 0.3) is 0 Å². The van der Waals surface area contributed by atoms with Gasteiger partial charge in [-0.2, -0.15) is 0 Å². The lowest BCUT2D eigenvalue weighted by Gasteiger charge is -2.22. The number of rotatable bonds is 9. The Bertz CT molecular complexity index is 647. The highest BCUT2D eigenvalue weighted by Gasteiger charge is 2.17. The number of thiophene rings is 1. The summed E-state index contributed by atoms with van der Waals surface area (Å²) in [6.07, 6.45) is 3.06. The molecule has 0 bridgehead atoms. The van der Waals surface area contributed by atoms with Crippen LogP contribution in [-0.2, 0) is 14.8 Å². The van der Waals surface area contributed by atoms with Crippen LogP contribution in [0, 0.1) is 0 Å². The molecule has 3 N–H and O–H groups in total. The predicted octanol–water partition coefficient (Wildman–Crippen LogP) is 2.47. The Morgan fingerprint density at radius 2 is 2.26 bits per heavy atom. The van der Waals surface area contributed by atoms with E-state index in [0.717, 1.165) is 25.9 Å². The Labute approximate surface area is 183 Å². The summed E-state index contributed by atoms with van der Waals surface area (Å²) >= 11 is 1.68. The number of nitrogens with one attached hydrogen (secondary N) is 3. The third kappa shape index (κ3) is 9.55. The maximum Gasteiger partial charge on any atom is 0.213 e. The molecule has 0 radical (unpaired) electrons. The second-order valence-electron chi connectivity index (χ2n) is 6.30. The lowest BCUT2D eigenvalue weighted by atomic mass is 10.1. The molecular weight excluding hydrogens is 499 g/mol. The first-order valence-corrected chi connectivity index (χ1v) is 11.7. The molecule has 0 spiro atoms. The third-order valence-electron chi connectivity index (χ3n) is 4.10. The molecule has 2 rings (SSSR count). The number of guanidine groups is 1. The van der Waals surface area contributed by atoms with Gasteiger partial charge in [-0.15, -0.1) is 35.3 Å². The van der Waals surface area contributed by atoms with Crippen LogP contribution in [0.25, 0.3) is 0 Å². The molecule has 2 heterocycles. The Hall–Kier alpha value is -0.430. The normalized spacial score (nSPS) is 19.2. The molecule has 1 aromatic heterocycles. The molecule has 0 aromatic carbocycles. The average molecular weight is 530 g/mol. The van der Waals surface area contributed by atoms with Crippen LogP contribution in [0.2, 0.25) is 0 Å². The standard InChI is InChI=1S/C17H30N4O3S2.HI/c1-3-18-17(21-14(2)16-8-6-11-25-16)19-9-12-26(22,23)20-13-15-7-4-5-10-24-15;/h6,8,11,14-15,20H,3-5,7,9-10,12-13H2,1-2H3,(H2,18,19,21);1H. The predicted molar refractivity (Wildman–Crippen MR) is 123 cm³/mol. The molecule has 2 atom stereocenters. The van der Waals surface area contributed by atoms with Crippen molar-refractivity contribution in [2.45, 2.75) is 45.3 Å². The Morgan fingerprint density at radius 3 is 2.89 bits per heavy atom. The monoisotopic (exact) mass is 530 g/mol. The Morgan fingerprint density at radius 1 is 1.44 bits per heavy atom. The molecule has 10 heteroatoms. The van der Waals surface area contributed by atoms with Crippen LogP contribution >= 0.6 is 35.3 Å². The smallest absolute Gasteiger partial charge is 0.213 e. The summed E-state index contributed by atoms with van der Waals surface area (Å²) in [5.41, 5.74) is 0. The molecule has 0 saturated carbocycles.